The molecule has 8 heteroatoms. The maximum absolute atomic E-state index is 13.3. The van der Waals surface area contributed by atoms with E-state index in [4.69, 9.17) is 21.4 Å². The molecule has 2 fully saturated rings. The molecule has 2 saturated heterocycles. The molecule has 1 N–H and O–H groups in total. The molecule has 2 aliphatic heterocycles. The molecular weight excluding hydrogens is 476 g/mol. The standard InChI is InChI=1S/C28H33ClN4O3/c29-22-11-9-20(10-12-22)17-26-24-7-1-2-8-25(24)28(35)33(31-26)18-23-6-3-14-32(23)15-13-30-27(34)21-5-4-16-36-19-21/h1-2,7-12,21,23H,3-6,13-19H2,(H,30,34). The van der Waals surface area contributed by atoms with Crippen LogP contribution in [0.5, 0.6) is 0 Å². The SMILES string of the molecule is O=C(NCCN1CCCC1Cn1nc(Cc2ccc(Cl)cc2)c2ccccc2c1=O)C1CCCOC1. The zero-order valence-corrected chi connectivity index (χ0v) is 21.3. The number of likely N-dealkylation sites (tertiary alicyclic amines) is 1. The lowest BCUT2D eigenvalue weighted by molar-refractivity contribution is -0.129. The molecule has 0 spiro atoms. The molecule has 3 heterocycles. The molecule has 0 radical (unpaired) electrons. The molecule has 3 aromatic rings. The van der Waals surface area contributed by atoms with E-state index >= 15 is 0 Å². The molecular formula is C28H33ClN4O3. The van der Waals surface area contributed by atoms with E-state index < -0.39 is 0 Å². The van der Waals surface area contributed by atoms with Crippen LogP contribution in [0.3, 0.4) is 0 Å². The summed E-state index contributed by atoms with van der Waals surface area (Å²) in [7, 11) is 0. The normalized spacial score (nSPS) is 20.6. The second-order valence-corrected chi connectivity index (χ2v) is 10.3. The van der Waals surface area contributed by atoms with Gasteiger partial charge in [0.25, 0.3) is 5.56 Å². The smallest absolute Gasteiger partial charge is 0.274 e. The summed E-state index contributed by atoms with van der Waals surface area (Å²) in [5, 5.41) is 10.2. The van der Waals surface area contributed by atoms with E-state index in [9.17, 15) is 9.59 Å². The number of hydrogen-bond donors (Lipinski definition) is 1. The van der Waals surface area contributed by atoms with E-state index in [1.54, 1.807) is 4.68 Å². The van der Waals surface area contributed by atoms with Gasteiger partial charge in [-0.3, -0.25) is 14.5 Å². The van der Waals surface area contributed by atoms with Crippen molar-refractivity contribution in [3.05, 3.63) is 75.2 Å². The minimum atomic E-state index is -0.0529. The first kappa shape index (κ1) is 24.9. The number of fused-ring (bicyclic) bond motifs is 1. The lowest BCUT2D eigenvalue weighted by Crippen LogP contribution is -2.43. The minimum Gasteiger partial charge on any atom is -0.381 e. The van der Waals surface area contributed by atoms with E-state index in [1.165, 1.54) is 0 Å². The van der Waals surface area contributed by atoms with Crippen LogP contribution in [0.25, 0.3) is 10.8 Å². The Morgan fingerprint density at radius 1 is 1.08 bits per heavy atom. The van der Waals surface area contributed by atoms with Gasteiger partial charge < -0.3 is 10.1 Å². The topological polar surface area (TPSA) is 76.5 Å². The molecule has 0 saturated carbocycles. The number of nitrogens with one attached hydrogen (secondary N) is 1. The van der Waals surface area contributed by atoms with Gasteiger partial charge >= 0.3 is 0 Å². The fourth-order valence-electron chi connectivity index (χ4n) is 5.37. The lowest BCUT2D eigenvalue weighted by Gasteiger charge is -2.26. The van der Waals surface area contributed by atoms with E-state index in [0.717, 1.165) is 62.0 Å². The van der Waals surface area contributed by atoms with Gasteiger partial charge in [0.1, 0.15) is 0 Å². The monoisotopic (exact) mass is 508 g/mol. The van der Waals surface area contributed by atoms with Gasteiger partial charge in [-0.1, -0.05) is 41.9 Å². The third-order valence-corrected chi connectivity index (χ3v) is 7.59. The number of carbonyl (C=O) groups is 1. The Bertz CT molecular complexity index is 1250. The Balaban J connectivity index is 1.29. The first-order valence-electron chi connectivity index (χ1n) is 12.9. The number of benzene rings is 2. The van der Waals surface area contributed by atoms with Gasteiger partial charge in [-0.25, -0.2) is 4.68 Å². The van der Waals surface area contributed by atoms with Gasteiger partial charge in [0.2, 0.25) is 5.91 Å². The van der Waals surface area contributed by atoms with Crippen LogP contribution in [-0.2, 0) is 22.5 Å². The number of aromatic nitrogens is 2. The third-order valence-electron chi connectivity index (χ3n) is 7.34. The molecule has 5 rings (SSSR count). The molecule has 190 valence electrons. The van der Waals surface area contributed by atoms with E-state index in [1.807, 2.05) is 48.5 Å². The number of ether oxygens (including phenoxy) is 1. The molecule has 0 aliphatic carbocycles. The Labute approximate surface area is 216 Å². The predicted octanol–water partition coefficient (Wildman–Crippen LogP) is 3.65. The molecule has 36 heavy (non-hydrogen) atoms. The van der Waals surface area contributed by atoms with Crippen LogP contribution >= 0.6 is 11.6 Å². The van der Waals surface area contributed by atoms with E-state index in [-0.39, 0.29) is 23.4 Å². The average molecular weight is 509 g/mol. The second-order valence-electron chi connectivity index (χ2n) is 9.82. The number of rotatable bonds is 8. The Hall–Kier alpha value is -2.74. The van der Waals surface area contributed by atoms with Crippen molar-refractivity contribution in [2.45, 2.75) is 44.7 Å². The number of halogens is 1. The summed E-state index contributed by atoms with van der Waals surface area (Å²) < 4.78 is 7.09. The van der Waals surface area contributed by atoms with Crippen molar-refractivity contribution >= 4 is 28.3 Å². The van der Waals surface area contributed by atoms with Gasteiger partial charge in [-0.2, -0.15) is 5.10 Å². The number of carbonyl (C=O) groups excluding carboxylic acids is 1. The largest absolute Gasteiger partial charge is 0.381 e. The summed E-state index contributed by atoms with van der Waals surface area (Å²) in [5.41, 5.74) is 1.94. The zero-order chi connectivity index (χ0) is 24.9. The summed E-state index contributed by atoms with van der Waals surface area (Å²) >= 11 is 6.06. The summed E-state index contributed by atoms with van der Waals surface area (Å²) in [6.07, 6.45) is 4.56. The van der Waals surface area contributed by atoms with Crippen molar-refractivity contribution in [1.29, 1.82) is 0 Å². The van der Waals surface area contributed by atoms with Crippen molar-refractivity contribution in [1.82, 2.24) is 20.0 Å². The van der Waals surface area contributed by atoms with Crippen LogP contribution in [0.2, 0.25) is 5.02 Å². The van der Waals surface area contributed by atoms with Gasteiger partial charge in [0, 0.05) is 42.6 Å². The van der Waals surface area contributed by atoms with E-state index in [2.05, 4.69) is 10.2 Å². The van der Waals surface area contributed by atoms with Crippen LogP contribution in [0.1, 0.15) is 36.9 Å². The molecule has 1 amide bonds. The highest BCUT2D eigenvalue weighted by atomic mass is 35.5. The quantitative estimate of drug-likeness (QED) is 0.502. The fraction of sp³-hybridized carbons (Fsp3) is 0.464. The number of nitrogens with zero attached hydrogens (tertiary/aromatic N) is 3. The average Bonchev–Trinajstić information content (AvgIpc) is 3.35. The van der Waals surface area contributed by atoms with Crippen molar-refractivity contribution in [2.75, 3.05) is 32.8 Å². The predicted molar refractivity (Wildman–Crippen MR) is 141 cm³/mol. The summed E-state index contributed by atoms with van der Waals surface area (Å²) in [6, 6.07) is 15.7. The second kappa shape index (κ2) is 11.5. The van der Waals surface area contributed by atoms with Gasteiger partial charge in [0.15, 0.2) is 0 Å². The van der Waals surface area contributed by atoms with Crippen LogP contribution in [0.4, 0.5) is 0 Å². The fourth-order valence-corrected chi connectivity index (χ4v) is 5.49. The minimum absolute atomic E-state index is 0.0347. The Morgan fingerprint density at radius 2 is 1.89 bits per heavy atom. The van der Waals surface area contributed by atoms with Gasteiger partial charge in [-0.05, 0) is 56.0 Å². The Morgan fingerprint density at radius 3 is 2.67 bits per heavy atom. The number of amides is 1. The molecule has 7 nitrogen and oxygen atoms in total. The maximum Gasteiger partial charge on any atom is 0.274 e. The van der Waals surface area contributed by atoms with Crippen molar-refractivity contribution < 1.29 is 9.53 Å². The summed E-state index contributed by atoms with van der Waals surface area (Å²) in [6.45, 7) is 4.16. The Kier molecular flexibility index (Phi) is 7.99. The highest BCUT2D eigenvalue weighted by molar-refractivity contribution is 6.30. The van der Waals surface area contributed by atoms with Crippen molar-refractivity contribution in [3.8, 4) is 0 Å². The lowest BCUT2D eigenvalue weighted by atomic mass is 10.0. The van der Waals surface area contributed by atoms with Crippen molar-refractivity contribution in [3.63, 3.8) is 0 Å². The molecule has 2 atom stereocenters. The van der Waals surface area contributed by atoms with Crippen LogP contribution < -0.4 is 10.9 Å². The summed E-state index contributed by atoms with van der Waals surface area (Å²) in [4.78, 5) is 28.2. The highest BCUT2D eigenvalue weighted by Gasteiger charge is 2.27. The molecule has 2 aromatic carbocycles. The first-order valence-corrected chi connectivity index (χ1v) is 13.3. The first-order chi connectivity index (χ1) is 17.6. The van der Waals surface area contributed by atoms with E-state index in [0.29, 0.717) is 36.5 Å². The summed E-state index contributed by atoms with van der Waals surface area (Å²) in [5.74, 6) is 0.0530. The maximum atomic E-state index is 13.3. The number of hydrogen-bond acceptors (Lipinski definition) is 5. The van der Waals surface area contributed by atoms with Crippen LogP contribution in [0, 0.1) is 5.92 Å². The zero-order valence-electron chi connectivity index (χ0n) is 20.5. The third kappa shape index (κ3) is 5.80. The highest BCUT2D eigenvalue weighted by Crippen LogP contribution is 2.21. The van der Waals surface area contributed by atoms with Crippen LogP contribution in [-0.4, -0.2) is 59.5 Å². The van der Waals surface area contributed by atoms with Crippen molar-refractivity contribution in [2.24, 2.45) is 5.92 Å². The molecule has 1 aromatic heterocycles. The molecule has 0 bridgehead atoms. The van der Waals surface area contributed by atoms with Crippen LogP contribution in [0.15, 0.2) is 53.3 Å². The molecule has 2 aliphatic rings. The van der Waals surface area contributed by atoms with Gasteiger partial charge in [0.05, 0.1) is 30.1 Å². The van der Waals surface area contributed by atoms with Gasteiger partial charge in [-0.15, -0.1) is 0 Å². The molecule has 2 unspecified atom stereocenters.